The van der Waals surface area contributed by atoms with Crippen LogP contribution in [-0.2, 0) is 0 Å². The Kier molecular flexibility index (Phi) is 13.0. The molecule has 0 aliphatic rings. The van der Waals surface area contributed by atoms with Gasteiger partial charge < -0.3 is 0 Å². The second-order valence-corrected chi connectivity index (χ2v) is 1.61. The van der Waals surface area contributed by atoms with Crippen molar-refractivity contribution in [1.82, 2.24) is 0 Å². The first-order valence-corrected chi connectivity index (χ1v) is 3.03. The number of allylic oxidation sites excluding steroid dienone is 3. The van der Waals surface area contributed by atoms with E-state index in [4.69, 9.17) is 0 Å². The van der Waals surface area contributed by atoms with E-state index in [0.29, 0.717) is 0 Å². The van der Waals surface area contributed by atoms with E-state index in [2.05, 4.69) is 6.58 Å². The molecule has 0 amide bonds. The van der Waals surface area contributed by atoms with E-state index < -0.39 is 0 Å². The third-order valence-corrected chi connectivity index (χ3v) is 0.451. The quantitative estimate of drug-likeness (QED) is 0.478. The maximum atomic E-state index is 10.3. The van der Waals surface area contributed by atoms with Gasteiger partial charge in [0.05, 0.1) is 6.67 Å². The standard InChI is InChI=1S/C6H10.C2H5F/c1-4-5-6(2)3;1-2-3/h4-5H,2H2,1,3H3;2H2,1H3/b5-4-;. The smallest absolute Gasteiger partial charge is 0.0866 e. The summed E-state index contributed by atoms with van der Waals surface area (Å²) in [5.41, 5.74) is 1.11. The Hall–Kier alpha value is -0.590. The number of hydrogen-bond acceptors (Lipinski definition) is 0. The maximum Gasteiger partial charge on any atom is 0.0866 e. The molecule has 1 heteroatoms. The van der Waals surface area contributed by atoms with Crippen molar-refractivity contribution < 1.29 is 4.39 Å². The van der Waals surface area contributed by atoms with Crippen molar-refractivity contribution >= 4 is 0 Å². The van der Waals surface area contributed by atoms with Gasteiger partial charge >= 0.3 is 0 Å². The lowest BCUT2D eigenvalue weighted by Gasteiger charge is -1.75. The van der Waals surface area contributed by atoms with Gasteiger partial charge in [-0.05, 0) is 20.8 Å². The minimum absolute atomic E-state index is 0.250. The first-order chi connectivity index (χ1) is 4.18. The van der Waals surface area contributed by atoms with Gasteiger partial charge in [0.2, 0.25) is 0 Å². The Bertz CT molecular complexity index is 82.6. The Morgan fingerprint density at radius 2 is 2.00 bits per heavy atom. The Morgan fingerprint density at radius 1 is 1.67 bits per heavy atom. The van der Waals surface area contributed by atoms with Crippen molar-refractivity contribution in [1.29, 1.82) is 0 Å². The normalized spacial score (nSPS) is 8.44. The molecule has 54 valence electrons. The molecule has 0 saturated carbocycles. The first-order valence-electron chi connectivity index (χ1n) is 3.03. The highest BCUT2D eigenvalue weighted by atomic mass is 19.1. The molecule has 0 aliphatic heterocycles. The third kappa shape index (κ3) is 37.3. The van der Waals surface area contributed by atoms with Crippen LogP contribution in [0, 0.1) is 0 Å². The molecule has 0 aromatic rings. The predicted octanol–water partition coefficient (Wildman–Crippen LogP) is 3.11. The molecule has 0 heterocycles. The molecule has 0 rings (SSSR count). The van der Waals surface area contributed by atoms with Gasteiger partial charge in [0.15, 0.2) is 0 Å². The van der Waals surface area contributed by atoms with Crippen LogP contribution < -0.4 is 0 Å². The van der Waals surface area contributed by atoms with Gasteiger partial charge in [-0.3, -0.25) is 4.39 Å². The fourth-order valence-electron chi connectivity index (χ4n) is 0.285. The van der Waals surface area contributed by atoms with Crippen LogP contribution in [0.2, 0.25) is 0 Å². The van der Waals surface area contributed by atoms with E-state index in [-0.39, 0.29) is 6.67 Å². The summed E-state index contributed by atoms with van der Waals surface area (Å²) in [6.45, 7) is 8.82. The topological polar surface area (TPSA) is 0 Å². The molecule has 0 aliphatic carbocycles. The maximum absolute atomic E-state index is 10.3. The highest BCUT2D eigenvalue weighted by Crippen LogP contribution is 1.85. The molecule has 0 radical (unpaired) electrons. The summed E-state index contributed by atoms with van der Waals surface area (Å²) in [7, 11) is 0. The number of halogens is 1. The number of rotatable bonds is 1. The molecule has 0 aromatic carbocycles. The van der Waals surface area contributed by atoms with E-state index >= 15 is 0 Å². The summed E-state index contributed by atoms with van der Waals surface area (Å²) in [5.74, 6) is 0. The molecule has 0 fully saturated rings. The van der Waals surface area contributed by atoms with Crippen molar-refractivity contribution in [2.75, 3.05) is 6.67 Å². The predicted molar refractivity (Wildman–Crippen MR) is 41.3 cm³/mol. The van der Waals surface area contributed by atoms with Crippen LogP contribution in [0.4, 0.5) is 4.39 Å². The van der Waals surface area contributed by atoms with Crippen molar-refractivity contribution in [2.24, 2.45) is 0 Å². The lowest BCUT2D eigenvalue weighted by atomic mass is 10.3. The van der Waals surface area contributed by atoms with Crippen LogP contribution in [0.5, 0.6) is 0 Å². The molecule has 0 atom stereocenters. The van der Waals surface area contributed by atoms with Crippen LogP contribution in [0.15, 0.2) is 24.3 Å². The number of alkyl halides is 1. The first kappa shape index (κ1) is 11.2. The molecule has 0 aromatic heterocycles. The van der Waals surface area contributed by atoms with Gasteiger partial charge in [-0.2, -0.15) is 0 Å². The minimum Gasteiger partial charge on any atom is -0.251 e. The van der Waals surface area contributed by atoms with Gasteiger partial charge in [0.1, 0.15) is 0 Å². The zero-order chi connectivity index (χ0) is 7.70. The van der Waals surface area contributed by atoms with E-state index in [0.717, 1.165) is 5.57 Å². The third-order valence-electron chi connectivity index (χ3n) is 0.451. The summed E-state index contributed by atoms with van der Waals surface area (Å²) < 4.78 is 10.3. The van der Waals surface area contributed by atoms with E-state index in [1.165, 1.54) is 6.92 Å². The van der Waals surface area contributed by atoms with Crippen molar-refractivity contribution in [3.05, 3.63) is 24.3 Å². The second-order valence-electron chi connectivity index (χ2n) is 1.61. The van der Waals surface area contributed by atoms with Gasteiger partial charge in [0.25, 0.3) is 0 Å². The molecule has 0 bridgehead atoms. The Labute approximate surface area is 57.1 Å². The monoisotopic (exact) mass is 130 g/mol. The zero-order valence-corrected chi connectivity index (χ0v) is 6.45. The average Bonchev–Trinajstić information content (AvgIpc) is 1.67. The van der Waals surface area contributed by atoms with Crippen LogP contribution in [0.1, 0.15) is 20.8 Å². The Balaban J connectivity index is 0. The fraction of sp³-hybridized carbons (Fsp3) is 0.500. The molecule has 0 saturated heterocycles. The summed E-state index contributed by atoms with van der Waals surface area (Å²) in [6, 6.07) is 0. The second kappa shape index (κ2) is 10.4. The van der Waals surface area contributed by atoms with Crippen LogP contribution >= 0.6 is 0 Å². The summed E-state index contributed by atoms with van der Waals surface area (Å²) in [6.07, 6.45) is 3.95. The lowest BCUT2D eigenvalue weighted by Crippen LogP contribution is -1.54. The highest BCUT2D eigenvalue weighted by Gasteiger charge is 1.63. The zero-order valence-electron chi connectivity index (χ0n) is 6.45. The molecular weight excluding hydrogens is 115 g/mol. The van der Waals surface area contributed by atoms with Crippen molar-refractivity contribution in [3.8, 4) is 0 Å². The minimum atomic E-state index is -0.250. The van der Waals surface area contributed by atoms with Gasteiger partial charge in [-0.25, -0.2) is 0 Å². The molecule has 9 heavy (non-hydrogen) atoms. The average molecular weight is 130 g/mol. The van der Waals surface area contributed by atoms with E-state index in [1.54, 1.807) is 0 Å². The fourth-order valence-corrected chi connectivity index (χ4v) is 0.285. The molecule has 0 spiro atoms. The largest absolute Gasteiger partial charge is 0.251 e. The highest BCUT2D eigenvalue weighted by molar-refractivity contribution is 5.09. The molecule has 0 N–H and O–H groups in total. The number of hydrogen-bond donors (Lipinski definition) is 0. The molecular formula is C8H15F. The molecule has 0 unspecified atom stereocenters. The summed E-state index contributed by atoms with van der Waals surface area (Å²) in [4.78, 5) is 0. The Morgan fingerprint density at radius 3 is 2.00 bits per heavy atom. The molecule has 0 nitrogen and oxygen atoms in total. The summed E-state index contributed by atoms with van der Waals surface area (Å²) >= 11 is 0. The van der Waals surface area contributed by atoms with Crippen LogP contribution in [-0.4, -0.2) is 6.67 Å². The van der Waals surface area contributed by atoms with E-state index in [1.807, 2.05) is 26.0 Å². The lowest BCUT2D eigenvalue weighted by molar-refractivity contribution is 0.527. The SMILES string of the molecule is C=C(C)/C=C\C.CCF. The van der Waals surface area contributed by atoms with E-state index in [9.17, 15) is 4.39 Å². The van der Waals surface area contributed by atoms with Gasteiger partial charge in [0, 0.05) is 0 Å². The van der Waals surface area contributed by atoms with Gasteiger partial charge in [-0.1, -0.05) is 24.3 Å². The van der Waals surface area contributed by atoms with Crippen LogP contribution in [0.3, 0.4) is 0 Å². The summed E-state index contributed by atoms with van der Waals surface area (Å²) in [5, 5.41) is 0. The van der Waals surface area contributed by atoms with Gasteiger partial charge in [-0.15, -0.1) is 0 Å². The van der Waals surface area contributed by atoms with Crippen LogP contribution in [0.25, 0.3) is 0 Å². The van der Waals surface area contributed by atoms with Crippen molar-refractivity contribution in [3.63, 3.8) is 0 Å². The van der Waals surface area contributed by atoms with Crippen molar-refractivity contribution in [2.45, 2.75) is 20.8 Å².